The van der Waals surface area contributed by atoms with Crippen LogP contribution in [0.3, 0.4) is 0 Å². The summed E-state index contributed by atoms with van der Waals surface area (Å²) in [7, 11) is 0. The zero-order chi connectivity index (χ0) is 19.3. The second kappa shape index (κ2) is 10.1. The van der Waals surface area contributed by atoms with E-state index in [0.717, 1.165) is 0 Å². The summed E-state index contributed by atoms with van der Waals surface area (Å²) in [4.78, 5) is 0. The predicted molar refractivity (Wildman–Crippen MR) is 91.8 cm³/mol. The summed E-state index contributed by atoms with van der Waals surface area (Å²) in [5, 5.41) is 21.2. The second-order valence-electron chi connectivity index (χ2n) is 7.64. The van der Waals surface area contributed by atoms with E-state index < -0.39 is 24.6 Å². The van der Waals surface area contributed by atoms with Crippen molar-refractivity contribution in [1.29, 1.82) is 0 Å². The Morgan fingerprint density at radius 1 is 0.679 bits per heavy atom. The maximum Gasteiger partial charge on any atom is 0.183 e. The molecule has 0 aromatic rings. The van der Waals surface area contributed by atoms with Gasteiger partial charge in [-0.15, -0.1) is 0 Å². The van der Waals surface area contributed by atoms with E-state index in [1.807, 2.05) is 0 Å². The SMILES string of the molecule is OC(CC(O)C(OCC1CO1)OCC1CO1)C(COCC1CO1)OCC1CO1. The maximum atomic E-state index is 10.6. The molecule has 7 unspecified atom stereocenters. The molecule has 4 saturated heterocycles. The van der Waals surface area contributed by atoms with Gasteiger partial charge in [0.15, 0.2) is 6.29 Å². The van der Waals surface area contributed by atoms with Gasteiger partial charge >= 0.3 is 0 Å². The Balaban J connectivity index is 1.23. The predicted octanol–water partition coefficient (Wildman–Crippen LogP) is -1.55. The molecule has 0 spiro atoms. The van der Waals surface area contributed by atoms with E-state index in [2.05, 4.69) is 0 Å². The molecular formula is C18H30O10. The lowest BCUT2D eigenvalue weighted by Crippen LogP contribution is -2.42. The molecule has 0 radical (unpaired) electrons. The number of epoxide rings is 4. The fourth-order valence-corrected chi connectivity index (χ4v) is 2.66. The molecule has 4 aliphatic heterocycles. The minimum absolute atomic E-state index is 0.0290. The summed E-state index contributed by atoms with van der Waals surface area (Å²) >= 11 is 0. The van der Waals surface area contributed by atoms with Crippen molar-refractivity contribution in [3.05, 3.63) is 0 Å². The van der Waals surface area contributed by atoms with Gasteiger partial charge in [0.05, 0.1) is 65.6 Å². The van der Waals surface area contributed by atoms with Gasteiger partial charge in [-0.25, -0.2) is 0 Å². The van der Waals surface area contributed by atoms with Crippen molar-refractivity contribution in [3.63, 3.8) is 0 Å². The van der Waals surface area contributed by atoms with Crippen LogP contribution in [0.4, 0.5) is 0 Å². The van der Waals surface area contributed by atoms with Gasteiger partial charge in [-0.1, -0.05) is 0 Å². The second-order valence-corrected chi connectivity index (χ2v) is 7.64. The fourth-order valence-electron chi connectivity index (χ4n) is 2.66. The first kappa shape index (κ1) is 20.9. The van der Waals surface area contributed by atoms with Crippen molar-refractivity contribution in [2.24, 2.45) is 0 Å². The van der Waals surface area contributed by atoms with E-state index in [9.17, 15) is 10.2 Å². The number of hydrogen-bond acceptors (Lipinski definition) is 10. The van der Waals surface area contributed by atoms with Crippen molar-refractivity contribution in [1.82, 2.24) is 0 Å². The smallest absolute Gasteiger partial charge is 0.183 e. The maximum absolute atomic E-state index is 10.6. The summed E-state index contributed by atoms with van der Waals surface area (Å²) in [6, 6.07) is 0. The highest BCUT2D eigenvalue weighted by molar-refractivity contribution is 4.79. The van der Waals surface area contributed by atoms with E-state index >= 15 is 0 Å². The minimum Gasteiger partial charge on any atom is -0.390 e. The molecule has 4 heterocycles. The van der Waals surface area contributed by atoms with Crippen LogP contribution in [0.1, 0.15) is 6.42 Å². The van der Waals surface area contributed by atoms with Gasteiger partial charge in [-0.2, -0.15) is 0 Å². The average Bonchev–Trinajstić information content (AvgIpc) is 3.53. The van der Waals surface area contributed by atoms with Crippen LogP contribution in [0.5, 0.6) is 0 Å². The number of ether oxygens (including phenoxy) is 8. The Kier molecular flexibility index (Phi) is 7.50. The van der Waals surface area contributed by atoms with Crippen LogP contribution < -0.4 is 0 Å². The molecule has 10 heteroatoms. The Labute approximate surface area is 163 Å². The van der Waals surface area contributed by atoms with Crippen molar-refractivity contribution in [3.8, 4) is 0 Å². The Morgan fingerprint density at radius 3 is 1.64 bits per heavy atom. The molecule has 10 nitrogen and oxygen atoms in total. The highest BCUT2D eigenvalue weighted by Crippen LogP contribution is 2.20. The normalized spacial score (nSPS) is 34.5. The topological polar surface area (TPSA) is 128 Å². The molecule has 4 aliphatic rings. The summed E-state index contributed by atoms with van der Waals surface area (Å²) < 4.78 is 43.1. The quantitative estimate of drug-likeness (QED) is 0.217. The molecule has 0 aliphatic carbocycles. The highest BCUT2D eigenvalue weighted by atomic mass is 16.7. The van der Waals surface area contributed by atoms with E-state index in [-0.39, 0.29) is 37.4 Å². The summed E-state index contributed by atoms with van der Waals surface area (Å²) in [5.74, 6) is 0. The molecule has 0 aromatic heterocycles. The van der Waals surface area contributed by atoms with Crippen LogP contribution in [0.15, 0.2) is 0 Å². The van der Waals surface area contributed by atoms with Crippen molar-refractivity contribution in [2.75, 3.05) is 59.5 Å². The summed E-state index contributed by atoms with van der Waals surface area (Å²) in [6.45, 7) is 4.41. The third-order valence-electron chi connectivity index (χ3n) is 4.81. The molecule has 0 saturated carbocycles. The fraction of sp³-hybridized carbons (Fsp3) is 1.00. The molecule has 4 fully saturated rings. The lowest BCUT2D eigenvalue weighted by atomic mass is 10.1. The first-order chi connectivity index (χ1) is 13.7. The first-order valence-corrected chi connectivity index (χ1v) is 9.92. The molecule has 7 atom stereocenters. The third kappa shape index (κ3) is 7.79. The average molecular weight is 406 g/mol. The Hall–Kier alpha value is -0.400. The monoisotopic (exact) mass is 406 g/mol. The zero-order valence-corrected chi connectivity index (χ0v) is 15.9. The van der Waals surface area contributed by atoms with Gasteiger partial charge in [-0.3, -0.25) is 0 Å². The Morgan fingerprint density at radius 2 is 1.14 bits per heavy atom. The molecule has 28 heavy (non-hydrogen) atoms. The lowest BCUT2D eigenvalue weighted by Gasteiger charge is -2.28. The van der Waals surface area contributed by atoms with Crippen LogP contribution >= 0.6 is 0 Å². The molecule has 0 bridgehead atoms. The van der Waals surface area contributed by atoms with Crippen LogP contribution in [-0.2, 0) is 37.9 Å². The standard InChI is InChI=1S/C18H30O10/c19-15(17(26-7-12-4-23-12)10-21-2-11-3-22-11)1-16(20)18(27-8-13-5-24-13)28-9-14-6-25-14/h11-20H,1-10H2. The van der Waals surface area contributed by atoms with Gasteiger partial charge in [0, 0.05) is 6.42 Å². The van der Waals surface area contributed by atoms with E-state index in [4.69, 9.17) is 37.9 Å². The molecule has 0 amide bonds. The van der Waals surface area contributed by atoms with Crippen molar-refractivity contribution in [2.45, 2.75) is 55.4 Å². The number of aliphatic hydroxyl groups excluding tert-OH is 2. The van der Waals surface area contributed by atoms with Gasteiger partial charge in [0.2, 0.25) is 0 Å². The van der Waals surface area contributed by atoms with E-state index in [0.29, 0.717) is 52.9 Å². The highest BCUT2D eigenvalue weighted by Gasteiger charge is 2.34. The Bertz CT molecular complexity index is 447. The van der Waals surface area contributed by atoms with Crippen LogP contribution in [0.2, 0.25) is 0 Å². The zero-order valence-electron chi connectivity index (χ0n) is 15.9. The minimum atomic E-state index is -1.03. The third-order valence-corrected chi connectivity index (χ3v) is 4.81. The number of aliphatic hydroxyl groups is 2. The van der Waals surface area contributed by atoms with Crippen molar-refractivity contribution >= 4 is 0 Å². The van der Waals surface area contributed by atoms with E-state index in [1.165, 1.54) is 0 Å². The van der Waals surface area contributed by atoms with Gasteiger partial charge in [0.25, 0.3) is 0 Å². The summed E-state index contributed by atoms with van der Waals surface area (Å²) in [5.41, 5.74) is 0. The van der Waals surface area contributed by atoms with Gasteiger partial charge in [-0.05, 0) is 0 Å². The van der Waals surface area contributed by atoms with Crippen LogP contribution in [0.25, 0.3) is 0 Å². The van der Waals surface area contributed by atoms with Crippen molar-refractivity contribution < 1.29 is 48.1 Å². The molecule has 0 aromatic carbocycles. The van der Waals surface area contributed by atoms with Crippen LogP contribution in [0, 0.1) is 0 Å². The first-order valence-electron chi connectivity index (χ1n) is 9.92. The number of rotatable bonds is 17. The largest absolute Gasteiger partial charge is 0.390 e. The van der Waals surface area contributed by atoms with Gasteiger partial charge in [0.1, 0.15) is 36.6 Å². The summed E-state index contributed by atoms with van der Waals surface area (Å²) in [6.07, 6.45) is -3.09. The van der Waals surface area contributed by atoms with Crippen LogP contribution in [-0.4, -0.2) is 119 Å². The van der Waals surface area contributed by atoms with E-state index in [1.54, 1.807) is 0 Å². The molecule has 2 N–H and O–H groups in total. The number of hydrogen-bond donors (Lipinski definition) is 2. The molecule has 4 rings (SSSR count). The molecule has 162 valence electrons. The lowest BCUT2D eigenvalue weighted by molar-refractivity contribution is -0.207. The molecular weight excluding hydrogens is 376 g/mol. The van der Waals surface area contributed by atoms with Gasteiger partial charge < -0.3 is 48.1 Å².